The van der Waals surface area contributed by atoms with Gasteiger partial charge in [0, 0.05) is 81.8 Å². The number of pyridine rings is 2. The SMILES string of the molecule is CC(=O)c1ccc(Oc2ccc(CC(=O)c3ccc(C(=O)N4CCN(Cc5ccc(S(=O)(=O)N6CCCC6)cc5)CC4)nc3)cn2)cc1. The molecule has 2 aromatic heterocycles. The van der Waals surface area contributed by atoms with Crippen LogP contribution < -0.4 is 4.74 Å². The standard InChI is InChI=1S/C36H37N5O6S/c1-26(42)29-7-10-31(11-8-29)47-35-15-6-28(23-38-35)22-34(43)30-9-14-33(37-24-30)36(44)40-20-18-39(19-21-40)25-27-4-12-32(13-5-27)48(45,46)41-16-2-3-17-41/h4-15,23-24H,2-3,16-22,25H2,1H3. The number of benzene rings is 2. The van der Waals surface area contributed by atoms with Gasteiger partial charge in [0.2, 0.25) is 15.9 Å². The summed E-state index contributed by atoms with van der Waals surface area (Å²) in [5, 5.41) is 0. The van der Waals surface area contributed by atoms with Gasteiger partial charge in [-0.2, -0.15) is 4.31 Å². The molecule has 2 fully saturated rings. The van der Waals surface area contributed by atoms with E-state index in [4.69, 9.17) is 4.74 Å². The van der Waals surface area contributed by atoms with Crippen molar-refractivity contribution < 1.29 is 27.5 Å². The maximum Gasteiger partial charge on any atom is 0.272 e. The number of amides is 1. The Morgan fingerprint density at radius 3 is 2.00 bits per heavy atom. The highest BCUT2D eigenvalue weighted by atomic mass is 32.2. The van der Waals surface area contributed by atoms with Gasteiger partial charge in [0.1, 0.15) is 11.4 Å². The van der Waals surface area contributed by atoms with Crippen molar-refractivity contribution in [3.63, 3.8) is 0 Å². The minimum absolute atomic E-state index is 0.0225. The van der Waals surface area contributed by atoms with E-state index >= 15 is 0 Å². The van der Waals surface area contributed by atoms with E-state index in [-0.39, 0.29) is 29.6 Å². The van der Waals surface area contributed by atoms with E-state index in [9.17, 15) is 22.8 Å². The van der Waals surface area contributed by atoms with Crippen molar-refractivity contribution in [3.05, 3.63) is 113 Å². The van der Waals surface area contributed by atoms with Crippen LogP contribution in [0.3, 0.4) is 0 Å². The van der Waals surface area contributed by atoms with Crippen molar-refractivity contribution >= 4 is 27.5 Å². The summed E-state index contributed by atoms with van der Waals surface area (Å²) >= 11 is 0. The van der Waals surface area contributed by atoms with E-state index in [1.165, 1.54) is 13.1 Å². The van der Waals surface area contributed by atoms with Crippen LogP contribution in [0.25, 0.3) is 0 Å². The van der Waals surface area contributed by atoms with E-state index in [0.717, 1.165) is 18.4 Å². The van der Waals surface area contributed by atoms with Crippen LogP contribution in [0.2, 0.25) is 0 Å². The Labute approximate surface area is 280 Å². The zero-order valence-corrected chi connectivity index (χ0v) is 27.6. The van der Waals surface area contributed by atoms with Crippen molar-refractivity contribution in [2.75, 3.05) is 39.3 Å². The van der Waals surface area contributed by atoms with Gasteiger partial charge in [-0.25, -0.2) is 13.4 Å². The number of carbonyl (C=O) groups excluding carboxylic acids is 3. The Bertz CT molecular complexity index is 1870. The Hall–Kier alpha value is -4.78. The Kier molecular flexibility index (Phi) is 10.0. The fourth-order valence-electron chi connectivity index (χ4n) is 5.80. The second-order valence-electron chi connectivity index (χ2n) is 12.0. The number of sulfonamides is 1. The number of ether oxygens (including phenoxy) is 1. The van der Waals surface area contributed by atoms with Crippen LogP contribution in [0.15, 0.2) is 90.1 Å². The molecule has 48 heavy (non-hydrogen) atoms. The molecule has 2 aliphatic heterocycles. The van der Waals surface area contributed by atoms with E-state index in [1.54, 1.807) is 76.1 Å². The molecule has 2 aromatic carbocycles. The first-order valence-electron chi connectivity index (χ1n) is 16.0. The van der Waals surface area contributed by atoms with Crippen LogP contribution in [0.4, 0.5) is 0 Å². The molecule has 0 N–H and O–H groups in total. The third-order valence-electron chi connectivity index (χ3n) is 8.64. The van der Waals surface area contributed by atoms with Crippen LogP contribution in [0.1, 0.15) is 62.1 Å². The number of aromatic nitrogens is 2. The normalized spacial score (nSPS) is 15.7. The lowest BCUT2D eigenvalue weighted by Gasteiger charge is -2.34. The third-order valence-corrected chi connectivity index (χ3v) is 10.6. The van der Waals surface area contributed by atoms with Gasteiger partial charge in [-0.1, -0.05) is 18.2 Å². The Morgan fingerprint density at radius 1 is 0.729 bits per heavy atom. The molecule has 4 heterocycles. The van der Waals surface area contributed by atoms with Gasteiger partial charge < -0.3 is 9.64 Å². The number of rotatable bonds is 11. The van der Waals surface area contributed by atoms with Gasteiger partial charge in [0.25, 0.3) is 5.91 Å². The highest BCUT2D eigenvalue weighted by molar-refractivity contribution is 7.89. The molecule has 0 atom stereocenters. The van der Waals surface area contributed by atoms with Gasteiger partial charge in [0.05, 0.1) is 4.90 Å². The van der Waals surface area contributed by atoms with Gasteiger partial charge in [-0.05, 0) is 79.4 Å². The summed E-state index contributed by atoms with van der Waals surface area (Å²) in [6.45, 7) is 5.78. The molecular formula is C36H37N5O6S. The number of Topliss-reactive ketones (excluding diaryl/α,β-unsaturated/α-hetero) is 2. The number of hydrogen-bond donors (Lipinski definition) is 0. The molecule has 0 bridgehead atoms. The zero-order chi connectivity index (χ0) is 33.7. The highest BCUT2D eigenvalue weighted by Gasteiger charge is 2.27. The Balaban J connectivity index is 0.963. The average Bonchev–Trinajstić information content (AvgIpc) is 3.66. The summed E-state index contributed by atoms with van der Waals surface area (Å²) in [5.41, 5.74) is 3.02. The molecule has 0 spiro atoms. The van der Waals surface area contributed by atoms with Crippen molar-refractivity contribution in [1.29, 1.82) is 0 Å². The molecule has 0 unspecified atom stereocenters. The first-order valence-corrected chi connectivity index (χ1v) is 17.4. The quantitative estimate of drug-likeness (QED) is 0.210. The summed E-state index contributed by atoms with van der Waals surface area (Å²) in [7, 11) is -3.43. The molecule has 0 saturated carbocycles. The lowest BCUT2D eigenvalue weighted by Crippen LogP contribution is -2.48. The van der Waals surface area contributed by atoms with Gasteiger partial charge in [-0.15, -0.1) is 0 Å². The lowest BCUT2D eigenvalue weighted by molar-refractivity contribution is 0.0622. The molecule has 4 aromatic rings. The van der Waals surface area contributed by atoms with E-state index < -0.39 is 10.0 Å². The van der Waals surface area contributed by atoms with Crippen molar-refractivity contribution in [3.8, 4) is 11.6 Å². The summed E-state index contributed by atoms with van der Waals surface area (Å²) in [6, 6.07) is 20.6. The molecule has 1 amide bonds. The molecule has 248 valence electrons. The van der Waals surface area contributed by atoms with E-state index in [0.29, 0.717) is 79.0 Å². The van der Waals surface area contributed by atoms with Crippen LogP contribution in [0, 0.1) is 0 Å². The van der Waals surface area contributed by atoms with E-state index in [1.807, 2.05) is 12.1 Å². The summed E-state index contributed by atoms with van der Waals surface area (Å²) in [6.07, 6.45) is 4.95. The van der Waals surface area contributed by atoms with Gasteiger partial charge in [0.15, 0.2) is 11.6 Å². The van der Waals surface area contributed by atoms with Crippen LogP contribution >= 0.6 is 0 Å². The highest BCUT2D eigenvalue weighted by Crippen LogP contribution is 2.23. The molecule has 2 aliphatic rings. The van der Waals surface area contributed by atoms with Crippen molar-refractivity contribution in [2.24, 2.45) is 0 Å². The Morgan fingerprint density at radius 2 is 1.40 bits per heavy atom. The van der Waals surface area contributed by atoms with Gasteiger partial charge in [-0.3, -0.25) is 24.3 Å². The largest absolute Gasteiger partial charge is 0.439 e. The minimum Gasteiger partial charge on any atom is -0.439 e. The summed E-state index contributed by atoms with van der Waals surface area (Å²) in [5.74, 6) is 0.569. The molecule has 0 aliphatic carbocycles. The maximum atomic E-state index is 13.2. The number of hydrogen-bond acceptors (Lipinski definition) is 9. The second kappa shape index (κ2) is 14.5. The maximum absolute atomic E-state index is 13.2. The number of carbonyl (C=O) groups is 3. The fourth-order valence-corrected chi connectivity index (χ4v) is 7.32. The number of ketones is 2. The lowest BCUT2D eigenvalue weighted by atomic mass is 10.1. The minimum atomic E-state index is -3.43. The zero-order valence-electron chi connectivity index (χ0n) is 26.7. The van der Waals surface area contributed by atoms with Gasteiger partial charge >= 0.3 is 0 Å². The van der Waals surface area contributed by atoms with E-state index in [2.05, 4.69) is 14.9 Å². The third kappa shape index (κ3) is 7.84. The second-order valence-corrected chi connectivity index (χ2v) is 14.0. The molecule has 12 heteroatoms. The number of nitrogens with zero attached hydrogens (tertiary/aromatic N) is 5. The first kappa shape index (κ1) is 33.1. The first-order chi connectivity index (χ1) is 23.2. The molecule has 2 saturated heterocycles. The smallest absolute Gasteiger partial charge is 0.272 e. The predicted octanol–water partition coefficient (Wildman–Crippen LogP) is 4.64. The van der Waals surface area contributed by atoms with Crippen LogP contribution in [0.5, 0.6) is 11.6 Å². The number of piperazine rings is 1. The van der Waals surface area contributed by atoms with Crippen molar-refractivity contribution in [1.82, 2.24) is 24.1 Å². The molecule has 6 rings (SSSR count). The predicted molar refractivity (Wildman–Crippen MR) is 179 cm³/mol. The molecule has 11 nitrogen and oxygen atoms in total. The monoisotopic (exact) mass is 667 g/mol. The summed E-state index contributed by atoms with van der Waals surface area (Å²) < 4.78 is 32.9. The van der Waals surface area contributed by atoms with Crippen molar-refractivity contribution in [2.45, 2.75) is 37.6 Å². The average molecular weight is 668 g/mol. The van der Waals surface area contributed by atoms with Crippen LogP contribution in [-0.4, -0.2) is 89.2 Å². The summed E-state index contributed by atoms with van der Waals surface area (Å²) in [4.78, 5) is 50.4. The molecular weight excluding hydrogens is 630 g/mol. The molecule has 0 radical (unpaired) electrons. The van der Waals surface area contributed by atoms with Crippen LogP contribution in [-0.2, 0) is 23.0 Å². The fraction of sp³-hybridized carbons (Fsp3) is 0.306. The topological polar surface area (TPSA) is 130 Å².